The van der Waals surface area contributed by atoms with Crippen LogP contribution in [0.5, 0.6) is 0 Å². The Kier molecular flexibility index (Phi) is 5.66. The summed E-state index contributed by atoms with van der Waals surface area (Å²) in [6.07, 6.45) is 3.17. The lowest BCUT2D eigenvalue weighted by atomic mass is 10.1. The number of hydrogen-bond acceptors (Lipinski definition) is 4. The number of amides is 2. The molecule has 0 saturated heterocycles. The van der Waals surface area contributed by atoms with E-state index in [9.17, 15) is 9.59 Å². The molecule has 1 aromatic carbocycles. The van der Waals surface area contributed by atoms with Crippen LogP contribution in [0.15, 0.2) is 65.4 Å². The van der Waals surface area contributed by atoms with Gasteiger partial charge in [-0.15, -0.1) is 0 Å². The van der Waals surface area contributed by atoms with E-state index < -0.39 is 0 Å². The fourth-order valence-corrected chi connectivity index (χ4v) is 2.69. The summed E-state index contributed by atoms with van der Waals surface area (Å²) in [5.41, 5.74) is 2.87. The summed E-state index contributed by atoms with van der Waals surface area (Å²) in [6, 6.07) is 14.4. The Hall–Kier alpha value is -3.41. The minimum Gasteiger partial charge on any atom is -0.467 e. The van der Waals surface area contributed by atoms with Gasteiger partial charge >= 0.3 is 0 Å². The van der Waals surface area contributed by atoms with Gasteiger partial charge in [-0.1, -0.05) is 12.1 Å². The maximum Gasteiger partial charge on any atom is 0.256 e. The molecule has 27 heavy (non-hydrogen) atoms. The summed E-state index contributed by atoms with van der Waals surface area (Å²) in [4.78, 5) is 30.6. The van der Waals surface area contributed by atoms with Gasteiger partial charge in [0.1, 0.15) is 5.76 Å². The van der Waals surface area contributed by atoms with Gasteiger partial charge in [-0.2, -0.15) is 0 Å². The van der Waals surface area contributed by atoms with E-state index in [1.165, 1.54) is 0 Å². The molecule has 0 bridgehead atoms. The molecule has 0 unspecified atom stereocenters. The third-order valence-corrected chi connectivity index (χ3v) is 4.19. The second-order valence-electron chi connectivity index (χ2n) is 6.20. The molecule has 2 aromatic heterocycles. The van der Waals surface area contributed by atoms with E-state index in [-0.39, 0.29) is 11.8 Å². The molecule has 2 amide bonds. The van der Waals surface area contributed by atoms with Crippen molar-refractivity contribution in [2.24, 2.45) is 0 Å². The summed E-state index contributed by atoms with van der Waals surface area (Å²) in [6.45, 7) is 2.61. The van der Waals surface area contributed by atoms with E-state index in [4.69, 9.17) is 4.42 Å². The Morgan fingerprint density at radius 3 is 2.37 bits per heavy atom. The van der Waals surface area contributed by atoms with Crippen LogP contribution in [0.1, 0.15) is 37.7 Å². The topological polar surface area (TPSA) is 75.4 Å². The Morgan fingerprint density at radius 1 is 1.04 bits per heavy atom. The van der Waals surface area contributed by atoms with E-state index in [0.717, 1.165) is 11.3 Å². The van der Waals surface area contributed by atoms with Crippen molar-refractivity contribution in [2.45, 2.75) is 20.0 Å². The zero-order valence-corrected chi connectivity index (χ0v) is 15.3. The molecule has 0 aliphatic carbocycles. The van der Waals surface area contributed by atoms with Crippen LogP contribution >= 0.6 is 0 Å². The Morgan fingerprint density at radius 2 is 1.78 bits per heavy atom. The molecule has 6 nitrogen and oxygen atoms in total. The number of hydrogen-bond donors (Lipinski definition) is 1. The highest BCUT2D eigenvalue weighted by atomic mass is 16.3. The van der Waals surface area contributed by atoms with Crippen LogP contribution in [-0.2, 0) is 13.1 Å². The van der Waals surface area contributed by atoms with Gasteiger partial charge in [0.25, 0.3) is 11.8 Å². The molecular formula is C21H21N3O3. The molecule has 0 atom stereocenters. The third-order valence-electron chi connectivity index (χ3n) is 4.19. The lowest BCUT2D eigenvalue weighted by Gasteiger charge is -2.22. The van der Waals surface area contributed by atoms with Crippen molar-refractivity contribution in [3.63, 3.8) is 0 Å². The highest BCUT2D eigenvalue weighted by Crippen LogP contribution is 2.15. The fourth-order valence-electron chi connectivity index (χ4n) is 2.69. The number of benzene rings is 1. The average Bonchev–Trinajstić information content (AvgIpc) is 3.20. The third kappa shape index (κ3) is 4.61. The number of aromatic nitrogens is 1. The monoisotopic (exact) mass is 363 g/mol. The number of nitrogens with one attached hydrogen (secondary N) is 1. The molecule has 2 heterocycles. The lowest BCUT2D eigenvalue weighted by molar-refractivity contribution is 0.0717. The Bertz CT molecular complexity index is 901. The highest BCUT2D eigenvalue weighted by molar-refractivity contribution is 5.94. The summed E-state index contributed by atoms with van der Waals surface area (Å²) in [5, 5.41) is 2.59. The molecule has 0 fully saturated rings. The minimum absolute atomic E-state index is 0.130. The quantitative estimate of drug-likeness (QED) is 0.730. The summed E-state index contributed by atoms with van der Waals surface area (Å²) < 4.78 is 5.41. The molecule has 3 rings (SSSR count). The predicted octanol–water partition coefficient (Wildman–Crippen LogP) is 3.19. The first-order valence-electron chi connectivity index (χ1n) is 8.62. The molecule has 6 heteroatoms. The van der Waals surface area contributed by atoms with E-state index in [1.54, 1.807) is 48.7 Å². The van der Waals surface area contributed by atoms with Gasteiger partial charge in [-0.25, -0.2) is 0 Å². The summed E-state index contributed by atoms with van der Waals surface area (Å²) >= 11 is 0. The van der Waals surface area contributed by atoms with Crippen molar-refractivity contribution in [3.05, 3.63) is 89.1 Å². The van der Waals surface area contributed by atoms with Crippen molar-refractivity contribution >= 4 is 11.8 Å². The largest absolute Gasteiger partial charge is 0.467 e. The molecule has 1 N–H and O–H groups in total. The van der Waals surface area contributed by atoms with E-state index >= 15 is 0 Å². The number of carbonyl (C=O) groups is 2. The van der Waals surface area contributed by atoms with Crippen LogP contribution in [0.25, 0.3) is 0 Å². The smallest absolute Gasteiger partial charge is 0.256 e. The van der Waals surface area contributed by atoms with Crippen LogP contribution in [0.3, 0.4) is 0 Å². The standard InChI is InChI=1S/C21H21N3O3/c1-15-5-8-18(12-23-15)21(26)24(14-19-4-3-11-27-19)13-16-6-9-17(10-7-16)20(25)22-2/h3-12H,13-14H2,1-2H3,(H,22,25). The summed E-state index contributed by atoms with van der Waals surface area (Å²) in [7, 11) is 1.59. The predicted molar refractivity (Wildman–Crippen MR) is 101 cm³/mol. The normalized spacial score (nSPS) is 10.4. The molecular weight excluding hydrogens is 342 g/mol. The molecule has 3 aromatic rings. The summed E-state index contributed by atoms with van der Waals surface area (Å²) in [5.74, 6) is 0.426. The van der Waals surface area contributed by atoms with Gasteiger partial charge < -0.3 is 14.6 Å². The fraction of sp³-hybridized carbons (Fsp3) is 0.190. The molecule has 138 valence electrons. The first kappa shape index (κ1) is 18.4. The van der Waals surface area contributed by atoms with Gasteiger partial charge in [0.05, 0.1) is 18.4 Å². The highest BCUT2D eigenvalue weighted by Gasteiger charge is 2.18. The number of furan rings is 1. The number of carbonyl (C=O) groups excluding carboxylic acids is 2. The molecule has 0 saturated carbocycles. The lowest BCUT2D eigenvalue weighted by Crippen LogP contribution is -2.30. The maximum absolute atomic E-state index is 13.0. The van der Waals surface area contributed by atoms with Gasteiger partial charge in [0.2, 0.25) is 0 Å². The first-order valence-corrected chi connectivity index (χ1v) is 8.62. The Labute approximate surface area is 157 Å². The maximum atomic E-state index is 13.0. The van der Waals surface area contributed by atoms with Crippen molar-refractivity contribution < 1.29 is 14.0 Å². The molecule has 0 spiro atoms. The van der Waals surface area contributed by atoms with Crippen LogP contribution in [0, 0.1) is 6.92 Å². The number of pyridine rings is 1. The van der Waals surface area contributed by atoms with Crippen LogP contribution < -0.4 is 5.32 Å². The van der Waals surface area contributed by atoms with Gasteiger partial charge in [-0.3, -0.25) is 14.6 Å². The van der Waals surface area contributed by atoms with Crippen molar-refractivity contribution in [1.29, 1.82) is 0 Å². The first-order chi connectivity index (χ1) is 13.1. The van der Waals surface area contributed by atoms with Crippen molar-refractivity contribution in [2.75, 3.05) is 7.05 Å². The van der Waals surface area contributed by atoms with E-state index in [0.29, 0.717) is 30.0 Å². The zero-order valence-electron chi connectivity index (χ0n) is 15.3. The van der Waals surface area contributed by atoms with E-state index in [2.05, 4.69) is 10.3 Å². The second-order valence-corrected chi connectivity index (χ2v) is 6.20. The van der Waals surface area contributed by atoms with Gasteiger partial charge in [0.15, 0.2) is 0 Å². The van der Waals surface area contributed by atoms with Crippen LogP contribution in [0.4, 0.5) is 0 Å². The second kappa shape index (κ2) is 8.31. The molecule has 0 radical (unpaired) electrons. The van der Waals surface area contributed by atoms with E-state index in [1.807, 2.05) is 31.2 Å². The SMILES string of the molecule is CNC(=O)c1ccc(CN(Cc2ccco2)C(=O)c2ccc(C)nc2)cc1. The number of nitrogens with zero attached hydrogens (tertiary/aromatic N) is 2. The van der Waals surface area contributed by atoms with Crippen LogP contribution in [-0.4, -0.2) is 28.7 Å². The number of rotatable bonds is 6. The minimum atomic E-state index is -0.143. The van der Waals surface area contributed by atoms with Crippen molar-refractivity contribution in [3.8, 4) is 0 Å². The van der Waals surface area contributed by atoms with Crippen molar-refractivity contribution in [1.82, 2.24) is 15.2 Å². The van der Waals surface area contributed by atoms with Gasteiger partial charge in [0, 0.05) is 31.0 Å². The average molecular weight is 363 g/mol. The number of aryl methyl sites for hydroxylation is 1. The molecule has 0 aliphatic heterocycles. The molecule has 0 aliphatic rings. The Balaban J connectivity index is 1.82. The zero-order chi connectivity index (χ0) is 19.2. The van der Waals surface area contributed by atoms with Crippen LogP contribution in [0.2, 0.25) is 0 Å². The van der Waals surface area contributed by atoms with Gasteiger partial charge in [-0.05, 0) is 48.9 Å².